The van der Waals surface area contributed by atoms with E-state index in [1.807, 2.05) is 13.8 Å². The molecule has 0 bridgehead atoms. The highest BCUT2D eigenvalue weighted by Gasteiger charge is 2.31. The number of ether oxygens (including phenoxy) is 1. The van der Waals surface area contributed by atoms with Crippen LogP contribution in [0.2, 0.25) is 5.02 Å². The maximum atomic E-state index is 13.6. The van der Waals surface area contributed by atoms with Crippen LogP contribution in [0.3, 0.4) is 0 Å². The highest BCUT2D eigenvalue weighted by atomic mass is 35.5. The Morgan fingerprint density at radius 3 is 2.29 bits per heavy atom. The summed E-state index contributed by atoms with van der Waals surface area (Å²) in [4.78, 5) is 27.9. The van der Waals surface area contributed by atoms with Gasteiger partial charge in [-0.15, -0.1) is 0 Å². The quantitative estimate of drug-likeness (QED) is 0.456. The number of carbonyl (C=O) groups is 2. The summed E-state index contributed by atoms with van der Waals surface area (Å²) in [6.45, 7) is 7.09. The molecule has 0 aromatic heterocycles. The number of nitrogens with one attached hydrogen (secondary N) is 1. The minimum Gasteiger partial charge on any atom is -0.492 e. The SMILES string of the molecule is CCOc1ccccc1N(CC(=O)N(Cc1ccccc1Cl)[C@@H](C)C(=O)N[C@@H](C)CC)S(C)(=O)=O. The van der Waals surface area contributed by atoms with E-state index < -0.39 is 28.5 Å². The number of para-hydroxylation sites is 2. The maximum Gasteiger partial charge on any atom is 0.244 e. The third kappa shape index (κ3) is 7.86. The third-order valence-electron chi connectivity index (χ3n) is 5.58. The van der Waals surface area contributed by atoms with Gasteiger partial charge in [-0.05, 0) is 51.0 Å². The van der Waals surface area contributed by atoms with Gasteiger partial charge in [-0.25, -0.2) is 8.42 Å². The van der Waals surface area contributed by atoms with Gasteiger partial charge in [0.25, 0.3) is 0 Å². The zero-order valence-corrected chi connectivity index (χ0v) is 22.4. The molecule has 192 valence electrons. The molecule has 0 radical (unpaired) electrons. The summed E-state index contributed by atoms with van der Waals surface area (Å²) in [6, 6.07) is 12.7. The number of amides is 2. The summed E-state index contributed by atoms with van der Waals surface area (Å²) >= 11 is 6.33. The van der Waals surface area contributed by atoms with Crippen LogP contribution in [0.5, 0.6) is 5.75 Å². The fraction of sp³-hybridized carbons (Fsp3) is 0.440. The van der Waals surface area contributed by atoms with Crippen molar-refractivity contribution in [3.8, 4) is 5.75 Å². The largest absolute Gasteiger partial charge is 0.492 e. The van der Waals surface area contributed by atoms with Crippen LogP contribution >= 0.6 is 11.6 Å². The molecule has 0 aliphatic heterocycles. The highest BCUT2D eigenvalue weighted by molar-refractivity contribution is 7.92. The zero-order valence-electron chi connectivity index (χ0n) is 20.8. The van der Waals surface area contributed by atoms with Gasteiger partial charge in [-0.2, -0.15) is 0 Å². The van der Waals surface area contributed by atoms with Gasteiger partial charge in [0.05, 0.1) is 18.6 Å². The van der Waals surface area contributed by atoms with Crippen LogP contribution < -0.4 is 14.4 Å². The van der Waals surface area contributed by atoms with E-state index in [1.165, 1.54) is 4.90 Å². The summed E-state index contributed by atoms with van der Waals surface area (Å²) in [6.07, 6.45) is 1.76. The summed E-state index contributed by atoms with van der Waals surface area (Å²) in [7, 11) is -3.86. The second-order valence-corrected chi connectivity index (χ2v) is 10.6. The van der Waals surface area contributed by atoms with E-state index >= 15 is 0 Å². The van der Waals surface area contributed by atoms with Crippen LogP contribution in [0.15, 0.2) is 48.5 Å². The van der Waals surface area contributed by atoms with E-state index in [4.69, 9.17) is 16.3 Å². The van der Waals surface area contributed by atoms with E-state index in [-0.39, 0.29) is 24.2 Å². The monoisotopic (exact) mass is 523 g/mol. The van der Waals surface area contributed by atoms with Crippen molar-refractivity contribution in [2.75, 3.05) is 23.7 Å². The molecule has 0 saturated carbocycles. The molecule has 0 saturated heterocycles. The van der Waals surface area contributed by atoms with Crippen molar-refractivity contribution in [3.63, 3.8) is 0 Å². The molecule has 0 aliphatic carbocycles. The van der Waals surface area contributed by atoms with Crippen LogP contribution in [-0.2, 0) is 26.2 Å². The normalized spacial score (nSPS) is 13.0. The topological polar surface area (TPSA) is 96.0 Å². The fourth-order valence-electron chi connectivity index (χ4n) is 3.39. The van der Waals surface area contributed by atoms with Crippen LogP contribution in [0.4, 0.5) is 5.69 Å². The third-order valence-corrected chi connectivity index (χ3v) is 7.08. The number of nitrogens with zero attached hydrogens (tertiary/aromatic N) is 2. The molecule has 0 aliphatic rings. The highest BCUT2D eigenvalue weighted by Crippen LogP contribution is 2.30. The second kappa shape index (κ2) is 12.8. The molecular formula is C25H34ClN3O5S. The van der Waals surface area contributed by atoms with Gasteiger partial charge in [0, 0.05) is 17.6 Å². The number of sulfonamides is 1. The molecule has 10 heteroatoms. The number of hydrogen-bond donors (Lipinski definition) is 1. The molecule has 2 aromatic rings. The lowest BCUT2D eigenvalue weighted by Gasteiger charge is -2.32. The number of rotatable bonds is 12. The average Bonchev–Trinajstić information content (AvgIpc) is 2.81. The molecule has 2 amide bonds. The van der Waals surface area contributed by atoms with Gasteiger partial charge in [0.1, 0.15) is 18.3 Å². The first kappa shape index (κ1) is 28.5. The predicted molar refractivity (Wildman–Crippen MR) is 139 cm³/mol. The first-order valence-electron chi connectivity index (χ1n) is 11.5. The molecule has 8 nitrogen and oxygen atoms in total. The molecule has 35 heavy (non-hydrogen) atoms. The molecule has 2 rings (SSSR count). The van der Waals surface area contributed by atoms with Gasteiger partial charge in [0.2, 0.25) is 21.8 Å². The first-order chi connectivity index (χ1) is 16.5. The summed E-state index contributed by atoms with van der Waals surface area (Å²) in [5.41, 5.74) is 0.894. The Kier molecular flexibility index (Phi) is 10.4. The Bertz CT molecular complexity index is 1130. The van der Waals surface area contributed by atoms with Crippen LogP contribution in [-0.4, -0.2) is 56.6 Å². The van der Waals surface area contributed by atoms with Gasteiger partial charge >= 0.3 is 0 Å². The van der Waals surface area contributed by atoms with Crippen molar-refractivity contribution >= 4 is 39.1 Å². The Balaban J connectivity index is 2.45. The van der Waals surface area contributed by atoms with Crippen molar-refractivity contribution < 1.29 is 22.7 Å². The predicted octanol–water partition coefficient (Wildman–Crippen LogP) is 3.84. The van der Waals surface area contributed by atoms with Gasteiger partial charge in [0.15, 0.2) is 0 Å². The lowest BCUT2D eigenvalue weighted by Crippen LogP contribution is -2.52. The summed E-state index contributed by atoms with van der Waals surface area (Å²) in [5.74, 6) is -0.540. The first-order valence-corrected chi connectivity index (χ1v) is 13.7. The van der Waals surface area contributed by atoms with Crippen LogP contribution in [0.25, 0.3) is 0 Å². The van der Waals surface area contributed by atoms with Crippen molar-refractivity contribution in [3.05, 3.63) is 59.1 Å². The number of halogens is 1. The molecule has 0 heterocycles. The van der Waals surface area contributed by atoms with E-state index in [9.17, 15) is 18.0 Å². The molecule has 1 N–H and O–H groups in total. The smallest absolute Gasteiger partial charge is 0.244 e. The Labute approximate surface area is 213 Å². The zero-order chi connectivity index (χ0) is 26.2. The molecule has 0 fully saturated rings. The van der Waals surface area contributed by atoms with Gasteiger partial charge in [-0.1, -0.05) is 48.9 Å². The number of benzene rings is 2. The second-order valence-electron chi connectivity index (χ2n) is 8.28. The fourth-order valence-corrected chi connectivity index (χ4v) is 4.44. The van der Waals surface area contributed by atoms with Gasteiger partial charge < -0.3 is 15.0 Å². The van der Waals surface area contributed by atoms with Crippen molar-refractivity contribution in [2.45, 2.75) is 52.7 Å². The van der Waals surface area contributed by atoms with Crippen molar-refractivity contribution in [2.24, 2.45) is 0 Å². The Morgan fingerprint density at radius 1 is 1.06 bits per heavy atom. The maximum absolute atomic E-state index is 13.6. The molecule has 0 spiro atoms. The Morgan fingerprint density at radius 2 is 1.69 bits per heavy atom. The van der Waals surface area contributed by atoms with Crippen molar-refractivity contribution in [1.82, 2.24) is 10.2 Å². The van der Waals surface area contributed by atoms with E-state index in [1.54, 1.807) is 62.4 Å². The molecule has 0 unspecified atom stereocenters. The number of anilines is 1. The lowest BCUT2D eigenvalue weighted by molar-refractivity contribution is -0.139. The van der Waals surface area contributed by atoms with E-state index in [0.29, 0.717) is 22.9 Å². The van der Waals surface area contributed by atoms with Gasteiger partial charge in [-0.3, -0.25) is 13.9 Å². The molecule has 2 aromatic carbocycles. The summed E-state index contributed by atoms with van der Waals surface area (Å²) in [5, 5.41) is 3.33. The number of hydrogen-bond acceptors (Lipinski definition) is 5. The average molecular weight is 524 g/mol. The van der Waals surface area contributed by atoms with Crippen molar-refractivity contribution in [1.29, 1.82) is 0 Å². The van der Waals surface area contributed by atoms with Crippen LogP contribution in [0, 0.1) is 0 Å². The number of carbonyl (C=O) groups excluding carboxylic acids is 2. The minimum absolute atomic E-state index is 0.0400. The molecular weight excluding hydrogens is 490 g/mol. The lowest BCUT2D eigenvalue weighted by atomic mass is 10.1. The van der Waals surface area contributed by atoms with Crippen LogP contribution in [0.1, 0.15) is 39.7 Å². The summed E-state index contributed by atoms with van der Waals surface area (Å²) < 4.78 is 32.1. The molecule has 2 atom stereocenters. The van der Waals surface area contributed by atoms with E-state index in [0.717, 1.165) is 17.0 Å². The Hall–Kier alpha value is -2.78. The minimum atomic E-state index is -3.86. The van der Waals surface area contributed by atoms with E-state index in [2.05, 4.69) is 5.32 Å². The standard InChI is InChI=1S/C25H34ClN3O5S/c1-6-18(3)27-25(31)19(4)28(16-20-12-8-9-13-21(20)26)24(30)17-29(35(5,32)33)22-14-10-11-15-23(22)34-7-2/h8-15,18-19H,6-7,16-17H2,1-5H3,(H,27,31)/t18-,19-/m0/s1.